The molecule has 0 N–H and O–H groups in total. The van der Waals surface area contributed by atoms with Crippen molar-refractivity contribution in [2.75, 3.05) is 11.4 Å². The predicted molar refractivity (Wildman–Crippen MR) is 86.4 cm³/mol. The number of pyridine rings is 1. The fourth-order valence-electron chi connectivity index (χ4n) is 4.18. The molecule has 0 radical (unpaired) electrons. The average Bonchev–Trinajstić information content (AvgIpc) is 3.26. The van der Waals surface area contributed by atoms with Crippen molar-refractivity contribution in [2.24, 2.45) is 0 Å². The van der Waals surface area contributed by atoms with Gasteiger partial charge in [0.25, 0.3) is 5.91 Å². The second kappa shape index (κ2) is 5.28. The maximum Gasteiger partial charge on any atom is 0.332 e. The molecule has 0 spiro atoms. The van der Waals surface area contributed by atoms with Gasteiger partial charge in [-0.3, -0.25) is 9.59 Å². The number of urea groups is 1. The van der Waals surface area contributed by atoms with Gasteiger partial charge in [-0.2, -0.15) is 5.26 Å². The van der Waals surface area contributed by atoms with Crippen LogP contribution in [0.1, 0.15) is 31.0 Å². The number of amides is 4. The molecule has 2 unspecified atom stereocenters. The minimum Gasteiger partial charge on any atom is -0.335 e. The Bertz CT molecular complexity index is 845. The highest BCUT2D eigenvalue weighted by Crippen LogP contribution is 2.42. The largest absolute Gasteiger partial charge is 0.335 e. The van der Waals surface area contributed by atoms with Crippen molar-refractivity contribution >= 4 is 23.5 Å². The summed E-state index contributed by atoms with van der Waals surface area (Å²) >= 11 is 0. The molecule has 4 rings (SSSR count). The van der Waals surface area contributed by atoms with Crippen molar-refractivity contribution < 1.29 is 14.4 Å². The molecule has 0 saturated carbocycles. The fraction of sp³-hybridized carbons (Fsp3) is 0.471. The number of imide groups is 1. The molecule has 2 bridgehead atoms. The SMILES string of the molecule is CCC(=O)N1C[C@H]2CC1C1C(=O)N(c3cnc(C#N)c(C)c3)C(=O)N12. The summed E-state index contributed by atoms with van der Waals surface area (Å²) in [6, 6.07) is 2.26. The number of aryl methyl sites for hydroxylation is 1. The van der Waals surface area contributed by atoms with E-state index in [1.54, 1.807) is 29.7 Å². The van der Waals surface area contributed by atoms with Crippen LogP contribution in [0.5, 0.6) is 0 Å². The number of anilines is 1. The van der Waals surface area contributed by atoms with E-state index in [-0.39, 0.29) is 35.6 Å². The summed E-state index contributed by atoms with van der Waals surface area (Å²) in [4.78, 5) is 46.4. The highest BCUT2D eigenvalue weighted by atomic mass is 16.2. The van der Waals surface area contributed by atoms with Crippen molar-refractivity contribution in [3.05, 3.63) is 23.5 Å². The molecule has 25 heavy (non-hydrogen) atoms. The zero-order chi connectivity index (χ0) is 17.9. The van der Waals surface area contributed by atoms with Gasteiger partial charge in [0.05, 0.1) is 24.0 Å². The van der Waals surface area contributed by atoms with Crippen LogP contribution >= 0.6 is 0 Å². The molecular weight excluding hydrogens is 322 g/mol. The molecule has 3 aliphatic heterocycles. The van der Waals surface area contributed by atoms with Gasteiger partial charge < -0.3 is 9.80 Å². The Morgan fingerprint density at radius 2 is 2.20 bits per heavy atom. The molecule has 8 nitrogen and oxygen atoms in total. The summed E-state index contributed by atoms with van der Waals surface area (Å²) in [6.45, 7) is 4.00. The predicted octanol–water partition coefficient (Wildman–Crippen LogP) is 0.792. The first-order valence-corrected chi connectivity index (χ1v) is 8.30. The molecule has 128 valence electrons. The zero-order valence-electron chi connectivity index (χ0n) is 14.0. The van der Waals surface area contributed by atoms with Crippen molar-refractivity contribution in [3.8, 4) is 6.07 Å². The zero-order valence-corrected chi connectivity index (χ0v) is 14.0. The van der Waals surface area contributed by atoms with Gasteiger partial charge in [-0.25, -0.2) is 14.7 Å². The minimum absolute atomic E-state index is 0.0155. The van der Waals surface area contributed by atoms with Crippen molar-refractivity contribution in [3.63, 3.8) is 0 Å². The Labute approximate surface area is 144 Å². The second-order valence-corrected chi connectivity index (χ2v) is 6.64. The van der Waals surface area contributed by atoms with E-state index in [1.165, 1.54) is 6.20 Å². The van der Waals surface area contributed by atoms with Gasteiger partial charge in [-0.15, -0.1) is 0 Å². The van der Waals surface area contributed by atoms with E-state index in [2.05, 4.69) is 4.98 Å². The van der Waals surface area contributed by atoms with Crippen LogP contribution in [0, 0.1) is 18.3 Å². The number of hydrogen-bond acceptors (Lipinski definition) is 5. The number of aromatic nitrogens is 1. The summed E-state index contributed by atoms with van der Waals surface area (Å²) in [6.07, 6.45) is 2.42. The van der Waals surface area contributed by atoms with Crippen LogP contribution in [0.4, 0.5) is 10.5 Å². The van der Waals surface area contributed by atoms with Crippen LogP contribution in [-0.4, -0.2) is 57.3 Å². The van der Waals surface area contributed by atoms with Gasteiger partial charge in [0.1, 0.15) is 17.8 Å². The van der Waals surface area contributed by atoms with E-state index >= 15 is 0 Å². The lowest BCUT2D eigenvalue weighted by Crippen LogP contribution is -2.54. The van der Waals surface area contributed by atoms with E-state index in [0.717, 1.165) is 4.90 Å². The van der Waals surface area contributed by atoms with E-state index in [1.807, 2.05) is 6.07 Å². The second-order valence-electron chi connectivity index (χ2n) is 6.64. The van der Waals surface area contributed by atoms with E-state index in [4.69, 9.17) is 5.26 Å². The Hall–Kier alpha value is -2.95. The van der Waals surface area contributed by atoms with Crippen molar-refractivity contribution in [1.82, 2.24) is 14.8 Å². The third kappa shape index (κ3) is 1.98. The number of fused-ring (bicyclic) bond motifs is 5. The number of piperazine rings is 1. The fourth-order valence-corrected chi connectivity index (χ4v) is 4.18. The Balaban J connectivity index is 1.68. The van der Waals surface area contributed by atoms with Gasteiger partial charge in [-0.1, -0.05) is 6.92 Å². The summed E-state index contributed by atoms with van der Waals surface area (Å²) < 4.78 is 0. The average molecular weight is 339 g/mol. The summed E-state index contributed by atoms with van der Waals surface area (Å²) in [7, 11) is 0. The van der Waals surface area contributed by atoms with E-state index < -0.39 is 6.04 Å². The standard InChI is InChI=1S/C17H17N5O3/c1-3-14(23)20-8-11-5-13(20)15-16(24)22(17(25)21(11)15)10-4-9(2)12(6-18)19-7-10/h4,7,11,13,15H,3,5,8H2,1-2H3/t11-,13?,15?/m1/s1. The third-order valence-corrected chi connectivity index (χ3v) is 5.32. The lowest BCUT2D eigenvalue weighted by molar-refractivity contribution is -0.135. The Morgan fingerprint density at radius 3 is 2.84 bits per heavy atom. The molecule has 3 fully saturated rings. The quantitative estimate of drug-likeness (QED) is 0.742. The normalized spacial score (nSPS) is 27.1. The third-order valence-electron chi connectivity index (χ3n) is 5.32. The molecule has 3 saturated heterocycles. The molecule has 0 aliphatic carbocycles. The van der Waals surface area contributed by atoms with Gasteiger partial charge >= 0.3 is 6.03 Å². The first kappa shape index (κ1) is 15.6. The van der Waals surface area contributed by atoms with Gasteiger partial charge in [0.15, 0.2) is 0 Å². The van der Waals surface area contributed by atoms with E-state index in [0.29, 0.717) is 30.6 Å². The molecule has 3 atom stereocenters. The summed E-state index contributed by atoms with van der Waals surface area (Å²) in [5.41, 5.74) is 1.25. The Morgan fingerprint density at radius 1 is 1.44 bits per heavy atom. The highest BCUT2D eigenvalue weighted by Gasteiger charge is 2.62. The maximum atomic E-state index is 12.9. The van der Waals surface area contributed by atoms with Gasteiger partial charge in [0, 0.05) is 13.0 Å². The Kier molecular flexibility index (Phi) is 3.29. The van der Waals surface area contributed by atoms with Crippen LogP contribution in [0.15, 0.2) is 12.3 Å². The molecule has 1 aromatic heterocycles. The molecule has 0 aromatic carbocycles. The van der Waals surface area contributed by atoms with Crippen LogP contribution < -0.4 is 4.90 Å². The first-order valence-electron chi connectivity index (χ1n) is 8.30. The van der Waals surface area contributed by atoms with Crippen LogP contribution in [-0.2, 0) is 9.59 Å². The number of carbonyl (C=O) groups excluding carboxylic acids is 3. The topological polar surface area (TPSA) is 97.6 Å². The number of likely N-dealkylation sites (tertiary alicyclic amines) is 1. The minimum atomic E-state index is -0.613. The number of hydrogen-bond donors (Lipinski definition) is 0. The first-order chi connectivity index (χ1) is 12.0. The summed E-state index contributed by atoms with van der Waals surface area (Å²) in [5.74, 6) is -0.307. The smallest absolute Gasteiger partial charge is 0.332 e. The lowest BCUT2D eigenvalue weighted by Gasteiger charge is -2.34. The number of nitrogens with zero attached hydrogens (tertiary/aromatic N) is 5. The van der Waals surface area contributed by atoms with Crippen molar-refractivity contribution in [2.45, 2.75) is 44.8 Å². The van der Waals surface area contributed by atoms with Crippen LogP contribution in [0.2, 0.25) is 0 Å². The maximum absolute atomic E-state index is 12.9. The monoisotopic (exact) mass is 339 g/mol. The van der Waals surface area contributed by atoms with Crippen LogP contribution in [0.3, 0.4) is 0 Å². The molecular formula is C17H17N5O3. The number of nitriles is 1. The van der Waals surface area contributed by atoms with E-state index in [9.17, 15) is 14.4 Å². The molecule has 8 heteroatoms. The number of carbonyl (C=O) groups is 3. The van der Waals surface area contributed by atoms with Crippen LogP contribution in [0.25, 0.3) is 0 Å². The molecule has 4 heterocycles. The number of rotatable bonds is 2. The van der Waals surface area contributed by atoms with Gasteiger partial charge in [0.2, 0.25) is 5.91 Å². The van der Waals surface area contributed by atoms with Gasteiger partial charge in [-0.05, 0) is 25.0 Å². The summed E-state index contributed by atoms with van der Waals surface area (Å²) in [5, 5.41) is 8.99. The molecule has 1 aromatic rings. The van der Waals surface area contributed by atoms with Crippen molar-refractivity contribution in [1.29, 1.82) is 5.26 Å². The molecule has 3 aliphatic rings. The highest BCUT2D eigenvalue weighted by molar-refractivity contribution is 6.22. The molecule has 4 amide bonds. The lowest BCUT2D eigenvalue weighted by atomic mass is 10.1.